The summed E-state index contributed by atoms with van der Waals surface area (Å²) in [6.07, 6.45) is 3.38. The van der Waals surface area contributed by atoms with Crippen LogP contribution in [0.4, 0.5) is 10.5 Å². The van der Waals surface area contributed by atoms with Crippen molar-refractivity contribution in [3.05, 3.63) is 29.8 Å². The van der Waals surface area contributed by atoms with Crippen LogP contribution >= 0.6 is 0 Å². The predicted octanol–water partition coefficient (Wildman–Crippen LogP) is 2.24. The first-order valence-electron chi connectivity index (χ1n) is 7.65. The summed E-state index contributed by atoms with van der Waals surface area (Å²) in [7, 11) is 0. The van der Waals surface area contributed by atoms with E-state index >= 15 is 0 Å². The number of piperazine rings is 1. The number of aryl methyl sites for hydroxylation is 1. The molecule has 3 rings (SSSR count). The summed E-state index contributed by atoms with van der Waals surface area (Å²) >= 11 is 0. The fraction of sp³-hybridized carbons (Fsp3) is 0.562. The lowest BCUT2D eigenvalue weighted by Crippen LogP contribution is -2.52. The molecule has 0 unspecified atom stereocenters. The number of urea groups is 1. The van der Waals surface area contributed by atoms with Crippen LogP contribution < -0.4 is 10.2 Å². The standard InChI is InChI=1S/C16H23N3O/c1-2-13-3-7-15(8-4-13)18-9-11-19(12-10-18)16(20)17-14-5-6-14/h3-4,7-8,14H,2,5-6,9-12H2,1H3,(H,17,20). The summed E-state index contributed by atoms with van der Waals surface area (Å²) in [5.41, 5.74) is 2.64. The average molecular weight is 273 g/mol. The van der Waals surface area contributed by atoms with Crippen LogP contribution in [-0.4, -0.2) is 43.2 Å². The number of rotatable bonds is 3. The molecule has 0 bridgehead atoms. The van der Waals surface area contributed by atoms with Gasteiger partial charge in [0, 0.05) is 37.9 Å². The van der Waals surface area contributed by atoms with Crippen molar-refractivity contribution in [1.29, 1.82) is 0 Å². The molecular formula is C16H23N3O. The predicted molar refractivity (Wildman–Crippen MR) is 81.2 cm³/mol. The minimum Gasteiger partial charge on any atom is -0.368 e. The van der Waals surface area contributed by atoms with Crippen LogP contribution in [0.3, 0.4) is 0 Å². The molecule has 1 N–H and O–H groups in total. The van der Waals surface area contributed by atoms with Gasteiger partial charge in [0.2, 0.25) is 0 Å². The maximum atomic E-state index is 12.0. The molecule has 0 radical (unpaired) electrons. The Hall–Kier alpha value is -1.71. The highest BCUT2D eigenvalue weighted by Crippen LogP contribution is 2.20. The van der Waals surface area contributed by atoms with Gasteiger partial charge in [-0.25, -0.2) is 4.79 Å². The molecule has 4 heteroatoms. The molecule has 1 saturated carbocycles. The summed E-state index contributed by atoms with van der Waals surface area (Å²) in [6.45, 7) is 5.64. The first kappa shape index (κ1) is 13.3. The molecule has 1 aliphatic carbocycles. The number of anilines is 1. The number of nitrogens with one attached hydrogen (secondary N) is 1. The molecular weight excluding hydrogens is 250 g/mol. The van der Waals surface area contributed by atoms with Crippen LogP contribution in [0, 0.1) is 0 Å². The van der Waals surface area contributed by atoms with Crippen molar-refractivity contribution >= 4 is 11.7 Å². The second kappa shape index (κ2) is 5.73. The Balaban J connectivity index is 1.53. The van der Waals surface area contributed by atoms with Crippen LogP contribution in [-0.2, 0) is 6.42 Å². The Morgan fingerprint density at radius 3 is 2.35 bits per heavy atom. The van der Waals surface area contributed by atoms with Crippen LogP contribution in [0.5, 0.6) is 0 Å². The molecule has 1 aromatic rings. The molecule has 1 aliphatic heterocycles. The lowest BCUT2D eigenvalue weighted by Gasteiger charge is -2.36. The van der Waals surface area contributed by atoms with E-state index in [-0.39, 0.29) is 6.03 Å². The van der Waals surface area contributed by atoms with Crippen LogP contribution in [0.1, 0.15) is 25.3 Å². The molecule has 2 amide bonds. The quantitative estimate of drug-likeness (QED) is 0.917. The zero-order valence-corrected chi connectivity index (χ0v) is 12.1. The van der Waals surface area contributed by atoms with Crippen molar-refractivity contribution in [2.75, 3.05) is 31.1 Å². The van der Waals surface area contributed by atoms with Gasteiger partial charge in [0.05, 0.1) is 0 Å². The van der Waals surface area contributed by atoms with E-state index in [2.05, 4.69) is 41.4 Å². The van der Waals surface area contributed by atoms with Crippen molar-refractivity contribution < 1.29 is 4.79 Å². The van der Waals surface area contributed by atoms with Gasteiger partial charge in [-0.2, -0.15) is 0 Å². The molecule has 1 saturated heterocycles. The number of benzene rings is 1. The molecule has 4 nitrogen and oxygen atoms in total. The molecule has 1 heterocycles. The van der Waals surface area contributed by atoms with Gasteiger partial charge in [0.15, 0.2) is 0 Å². The van der Waals surface area contributed by atoms with E-state index in [1.807, 2.05) is 4.90 Å². The van der Waals surface area contributed by atoms with Crippen LogP contribution in [0.15, 0.2) is 24.3 Å². The highest BCUT2D eigenvalue weighted by molar-refractivity contribution is 5.75. The van der Waals surface area contributed by atoms with Gasteiger partial charge in [0.25, 0.3) is 0 Å². The number of hydrogen-bond acceptors (Lipinski definition) is 2. The maximum Gasteiger partial charge on any atom is 0.317 e. The summed E-state index contributed by atoms with van der Waals surface area (Å²) in [5, 5.41) is 3.06. The highest BCUT2D eigenvalue weighted by Gasteiger charge is 2.27. The Labute approximate surface area is 120 Å². The Morgan fingerprint density at radius 2 is 1.80 bits per heavy atom. The normalized spacial score (nSPS) is 19.1. The fourth-order valence-electron chi connectivity index (χ4n) is 2.60. The van der Waals surface area contributed by atoms with E-state index < -0.39 is 0 Å². The lowest BCUT2D eigenvalue weighted by atomic mass is 10.1. The second-order valence-electron chi connectivity index (χ2n) is 5.72. The maximum absolute atomic E-state index is 12.0. The average Bonchev–Trinajstić information content (AvgIpc) is 3.31. The van der Waals surface area contributed by atoms with Gasteiger partial charge in [-0.3, -0.25) is 0 Å². The number of carbonyl (C=O) groups excluding carboxylic acids is 1. The van der Waals surface area contributed by atoms with Crippen molar-refractivity contribution in [3.8, 4) is 0 Å². The Kier molecular flexibility index (Phi) is 3.81. The third-order valence-electron chi connectivity index (χ3n) is 4.18. The van der Waals surface area contributed by atoms with Crippen LogP contribution in [0.2, 0.25) is 0 Å². The lowest BCUT2D eigenvalue weighted by molar-refractivity contribution is 0.194. The van der Waals surface area contributed by atoms with Gasteiger partial charge in [-0.1, -0.05) is 19.1 Å². The second-order valence-corrected chi connectivity index (χ2v) is 5.72. The van der Waals surface area contributed by atoms with E-state index in [1.54, 1.807) is 0 Å². The topological polar surface area (TPSA) is 35.6 Å². The summed E-state index contributed by atoms with van der Waals surface area (Å²) in [6, 6.07) is 9.34. The van der Waals surface area contributed by atoms with Crippen LogP contribution in [0.25, 0.3) is 0 Å². The monoisotopic (exact) mass is 273 g/mol. The molecule has 2 fully saturated rings. The Morgan fingerprint density at radius 1 is 1.15 bits per heavy atom. The smallest absolute Gasteiger partial charge is 0.317 e. The molecule has 2 aliphatic rings. The van der Waals surface area contributed by atoms with Gasteiger partial charge in [-0.05, 0) is 37.0 Å². The van der Waals surface area contributed by atoms with Crippen molar-refractivity contribution in [2.24, 2.45) is 0 Å². The van der Waals surface area contributed by atoms with E-state index in [1.165, 1.54) is 11.3 Å². The fourth-order valence-corrected chi connectivity index (χ4v) is 2.60. The molecule has 1 aromatic carbocycles. The number of amides is 2. The summed E-state index contributed by atoms with van der Waals surface area (Å²) in [4.78, 5) is 16.3. The van der Waals surface area contributed by atoms with E-state index in [9.17, 15) is 4.79 Å². The zero-order valence-electron chi connectivity index (χ0n) is 12.1. The van der Waals surface area contributed by atoms with E-state index in [4.69, 9.17) is 0 Å². The highest BCUT2D eigenvalue weighted by atomic mass is 16.2. The molecule has 108 valence electrons. The minimum atomic E-state index is 0.119. The van der Waals surface area contributed by atoms with Gasteiger partial charge in [-0.15, -0.1) is 0 Å². The third-order valence-corrected chi connectivity index (χ3v) is 4.18. The van der Waals surface area contributed by atoms with Gasteiger partial charge >= 0.3 is 6.03 Å². The molecule has 0 spiro atoms. The first-order valence-corrected chi connectivity index (χ1v) is 7.65. The summed E-state index contributed by atoms with van der Waals surface area (Å²) in [5.74, 6) is 0. The van der Waals surface area contributed by atoms with Crippen molar-refractivity contribution in [3.63, 3.8) is 0 Å². The number of hydrogen-bond donors (Lipinski definition) is 1. The third kappa shape index (κ3) is 3.06. The Bertz CT molecular complexity index is 459. The number of nitrogens with zero attached hydrogens (tertiary/aromatic N) is 2. The molecule has 20 heavy (non-hydrogen) atoms. The first-order chi connectivity index (χ1) is 9.76. The van der Waals surface area contributed by atoms with E-state index in [0.29, 0.717) is 6.04 Å². The number of carbonyl (C=O) groups is 1. The molecule has 0 aromatic heterocycles. The van der Waals surface area contributed by atoms with E-state index in [0.717, 1.165) is 45.4 Å². The van der Waals surface area contributed by atoms with Gasteiger partial charge in [0.1, 0.15) is 0 Å². The summed E-state index contributed by atoms with van der Waals surface area (Å²) < 4.78 is 0. The zero-order chi connectivity index (χ0) is 13.9. The van der Waals surface area contributed by atoms with Gasteiger partial charge < -0.3 is 15.1 Å². The van der Waals surface area contributed by atoms with Crippen molar-refractivity contribution in [1.82, 2.24) is 10.2 Å². The largest absolute Gasteiger partial charge is 0.368 e. The minimum absolute atomic E-state index is 0.119. The van der Waals surface area contributed by atoms with Crippen molar-refractivity contribution in [2.45, 2.75) is 32.2 Å². The SMILES string of the molecule is CCc1ccc(N2CCN(C(=O)NC3CC3)CC2)cc1. The molecule has 0 atom stereocenters.